The highest BCUT2D eigenvalue weighted by atomic mass is 16.4. The first kappa shape index (κ1) is 28.3. The Bertz CT molecular complexity index is 1330. The van der Waals surface area contributed by atoms with Crippen molar-refractivity contribution in [3.63, 3.8) is 0 Å². The molecule has 2 heterocycles. The van der Waals surface area contributed by atoms with Crippen LogP contribution in [0.25, 0.3) is 0 Å². The monoisotopic (exact) mass is 538 g/mol. The summed E-state index contributed by atoms with van der Waals surface area (Å²) in [7, 11) is 0. The first-order valence-corrected chi connectivity index (χ1v) is 14.9. The number of aryl methyl sites for hydroxylation is 1. The van der Waals surface area contributed by atoms with Crippen LogP contribution in [-0.2, 0) is 25.9 Å². The van der Waals surface area contributed by atoms with Crippen LogP contribution in [0, 0.1) is 12.8 Å². The van der Waals surface area contributed by atoms with Crippen molar-refractivity contribution in [3.8, 4) is 0 Å². The van der Waals surface area contributed by atoms with Gasteiger partial charge in [0.25, 0.3) is 0 Å². The van der Waals surface area contributed by atoms with Crippen LogP contribution in [0.4, 0.5) is 0 Å². The van der Waals surface area contributed by atoms with Crippen LogP contribution in [0.15, 0.2) is 66.7 Å². The molecule has 0 aliphatic carbocycles. The van der Waals surface area contributed by atoms with Gasteiger partial charge in [0.2, 0.25) is 0 Å². The lowest BCUT2D eigenvalue weighted by Crippen LogP contribution is -2.33. The number of benzene rings is 3. The van der Waals surface area contributed by atoms with Gasteiger partial charge >= 0.3 is 5.97 Å². The molecule has 0 spiro atoms. The number of carboxylic acid groups (broad SMARTS) is 1. The third kappa shape index (κ3) is 7.26. The quantitative estimate of drug-likeness (QED) is 0.296. The maximum Gasteiger partial charge on any atom is 0.336 e. The van der Waals surface area contributed by atoms with E-state index in [-0.39, 0.29) is 5.78 Å². The van der Waals surface area contributed by atoms with Gasteiger partial charge in [0.1, 0.15) is 0 Å². The first-order valence-electron chi connectivity index (χ1n) is 14.9. The highest BCUT2D eigenvalue weighted by Crippen LogP contribution is 2.26. The van der Waals surface area contributed by atoms with E-state index in [1.54, 1.807) is 12.1 Å². The maximum absolute atomic E-state index is 13.1. The molecule has 2 aliphatic heterocycles. The molecule has 0 saturated carbocycles. The minimum absolute atomic E-state index is 0.260. The molecule has 0 bridgehead atoms. The van der Waals surface area contributed by atoms with E-state index in [4.69, 9.17) is 0 Å². The molecule has 1 N–H and O–H groups in total. The fourth-order valence-corrected chi connectivity index (χ4v) is 6.37. The molecular weight excluding hydrogens is 496 g/mol. The zero-order valence-electron chi connectivity index (χ0n) is 23.8. The van der Waals surface area contributed by atoms with Gasteiger partial charge in [-0.15, -0.1) is 0 Å². The smallest absolute Gasteiger partial charge is 0.336 e. The Morgan fingerprint density at radius 3 is 2.20 bits per heavy atom. The van der Waals surface area contributed by atoms with E-state index in [9.17, 15) is 14.7 Å². The van der Waals surface area contributed by atoms with Gasteiger partial charge in [-0.25, -0.2) is 4.79 Å². The molecule has 1 saturated heterocycles. The van der Waals surface area contributed by atoms with Gasteiger partial charge in [-0.05, 0) is 104 Å². The lowest BCUT2D eigenvalue weighted by Gasteiger charge is -2.32. The summed E-state index contributed by atoms with van der Waals surface area (Å²) >= 11 is 0. The Morgan fingerprint density at radius 1 is 0.800 bits per heavy atom. The summed E-state index contributed by atoms with van der Waals surface area (Å²) in [5.74, 6) is 0.113. The van der Waals surface area contributed by atoms with Gasteiger partial charge in [-0.1, -0.05) is 54.6 Å². The summed E-state index contributed by atoms with van der Waals surface area (Å²) in [6.07, 6.45) is 6.99. The number of piperidine rings is 1. The van der Waals surface area contributed by atoms with Gasteiger partial charge in [0, 0.05) is 38.2 Å². The fourth-order valence-electron chi connectivity index (χ4n) is 6.37. The van der Waals surface area contributed by atoms with E-state index >= 15 is 0 Å². The average molecular weight is 539 g/mol. The normalized spacial score (nSPS) is 16.8. The SMILES string of the molecule is Cc1ccccc1CN1CCC(CCCC(=O)c2ccc3c(c2)CCN(Cc2ccccc2C(=O)O)CC3)CC1. The van der Waals surface area contributed by atoms with Gasteiger partial charge < -0.3 is 5.11 Å². The Morgan fingerprint density at radius 2 is 1.45 bits per heavy atom. The lowest BCUT2D eigenvalue weighted by molar-refractivity contribution is 0.0694. The van der Waals surface area contributed by atoms with Crippen molar-refractivity contribution in [1.29, 1.82) is 0 Å². The molecule has 5 nitrogen and oxygen atoms in total. The van der Waals surface area contributed by atoms with Crippen LogP contribution in [0.1, 0.15) is 80.6 Å². The molecule has 40 heavy (non-hydrogen) atoms. The van der Waals surface area contributed by atoms with Crippen LogP contribution in [-0.4, -0.2) is 52.8 Å². The van der Waals surface area contributed by atoms with Gasteiger partial charge in [0.15, 0.2) is 5.78 Å². The van der Waals surface area contributed by atoms with Crippen molar-refractivity contribution in [2.45, 2.75) is 65.0 Å². The number of aromatic carboxylic acids is 1. The molecule has 0 radical (unpaired) electrons. The number of hydrogen-bond donors (Lipinski definition) is 1. The molecule has 5 rings (SSSR count). The molecular formula is C35H42N2O3. The van der Waals surface area contributed by atoms with Crippen molar-refractivity contribution in [2.24, 2.45) is 5.92 Å². The standard InChI is InChI=1S/C35H42N2O3/c1-26-7-2-3-9-31(26)24-36-19-15-27(16-20-36)8-6-12-34(38)30-14-13-28-17-21-37(22-18-29(28)23-30)25-32-10-4-5-11-33(32)35(39)40/h2-5,7,9-11,13-14,23,27H,6,8,12,15-22,24-25H2,1H3,(H,39,40). The number of likely N-dealkylation sites (tertiary alicyclic amines) is 1. The molecule has 0 atom stereocenters. The number of carboxylic acids is 1. The number of ketones is 1. The van der Waals surface area contributed by atoms with Crippen molar-refractivity contribution >= 4 is 11.8 Å². The predicted molar refractivity (Wildman–Crippen MR) is 160 cm³/mol. The summed E-state index contributed by atoms with van der Waals surface area (Å²) in [6.45, 7) is 7.92. The Labute approximate surface area is 238 Å². The van der Waals surface area contributed by atoms with E-state index in [1.807, 2.05) is 18.2 Å². The number of fused-ring (bicyclic) bond motifs is 1. The molecule has 0 unspecified atom stereocenters. The predicted octanol–water partition coefficient (Wildman–Crippen LogP) is 6.56. The number of Topliss-reactive ketones (excluding diaryl/α,β-unsaturated/α-hetero) is 1. The lowest BCUT2D eigenvalue weighted by atomic mass is 9.90. The summed E-state index contributed by atoms with van der Waals surface area (Å²) in [5.41, 5.74) is 7.46. The zero-order valence-corrected chi connectivity index (χ0v) is 23.8. The highest BCUT2D eigenvalue weighted by molar-refractivity contribution is 5.96. The van der Waals surface area contributed by atoms with Gasteiger partial charge in [0.05, 0.1) is 5.56 Å². The highest BCUT2D eigenvalue weighted by Gasteiger charge is 2.21. The molecule has 2 aliphatic rings. The van der Waals surface area contributed by atoms with Crippen molar-refractivity contribution in [3.05, 3.63) is 106 Å². The second kappa shape index (κ2) is 13.4. The van der Waals surface area contributed by atoms with Crippen LogP contribution in [0.5, 0.6) is 0 Å². The van der Waals surface area contributed by atoms with Crippen LogP contribution in [0.3, 0.4) is 0 Å². The van der Waals surface area contributed by atoms with Crippen molar-refractivity contribution in [2.75, 3.05) is 26.2 Å². The Balaban J connectivity index is 1.07. The molecule has 1 fully saturated rings. The zero-order chi connectivity index (χ0) is 27.9. The largest absolute Gasteiger partial charge is 0.478 e. The topological polar surface area (TPSA) is 60.9 Å². The number of carbonyl (C=O) groups is 2. The van der Waals surface area contributed by atoms with E-state index in [0.717, 1.165) is 75.5 Å². The minimum Gasteiger partial charge on any atom is -0.478 e. The summed E-state index contributed by atoms with van der Waals surface area (Å²) in [4.78, 5) is 29.6. The second-order valence-corrected chi connectivity index (χ2v) is 11.7. The van der Waals surface area contributed by atoms with Gasteiger partial charge in [-0.2, -0.15) is 0 Å². The van der Waals surface area contributed by atoms with E-state index < -0.39 is 5.97 Å². The Kier molecular flexibility index (Phi) is 9.45. The third-order valence-electron chi connectivity index (χ3n) is 8.94. The van der Waals surface area contributed by atoms with Crippen molar-refractivity contribution in [1.82, 2.24) is 9.80 Å². The minimum atomic E-state index is -0.875. The molecule has 3 aromatic rings. The Hall–Kier alpha value is -3.28. The molecule has 0 aromatic heterocycles. The van der Waals surface area contributed by atoms with E-state index in [1.165, 1.54) is 35.1 Å². The maximum atomic E-state index is 13.1. The number of hydrogen-bond acceptors (Lipinski definition) is 4. The molecule has 5 heteroatoms. The fraction of sp³-hybridized carbons (Fsp3) is 0.429. The summed E-state index contributed by atoms with van der Waals surface area (Å²) in [5, 5.41) is 9.53. The van der Waals surface area contributed by atoms with E-state index in [0.29, 0.717) is 18.5 Å². The van der Waals surface area contributed by atoms with Crippen molar-refractivity contribution < 1.29 is 14.7 Å². The molecule has 3 aromatic carbocycles. The number of carbonyl (C=O) groups excluding carboxylic acids is 1. The summed E-state index contributed by atoms with van der Waals surface area (Å²) < 4.78 is 0. The first-order chi connectivity index (χ1) is 19.5. The van der Waals surface area contributed by atoms with Crippen LogP contribution < -0.4 is 0 Å². The molecule has 0 amide bonds. The van der Waals surface area contributed by atoms with E-state index in [2.05, 4.69) is 53.1 Å². The van der Waals surface area contributed by atoms with Crippen LogP contribution in [0.2, 0.25) is 0 Å². The van der Waals surface area contributed by atoms with Crippen LogP contribution >= 0.6 is 0 Å². The molecule has 210 valence electrons. The third-order valence-corrected chi connectivity index (χ3v) is 8.94. The average Bonchev–Trinajstić information content (AvgIpc) is 3.17. The second-order valence-electron chi connectivity index (χ2n) is 11.7. The number of nitrogens with zero attached hydrogens (tertiary/aromatic N) is 2. The summed E-state index contributed by atoms with van der Waals surface area (Å²) in [6, 6.07) is 22.2. The number of rotatable bonds is 10. The van der Waals surface area contributed by atoms with Gasteiger partial charge in [-0.3, -0.25) is 14.6 Å².